The van der Waals surface area contributed by atoms with Crippen LogP contribution in [-0.2, 0) is 5.88 Å². The highest BCUT2D eigenvalue weighted by Crippen LogP contribution is 2.25. The fourth-order valence-electron chi connectivity index (χ4n) is 2.57. The lowest BCUT2D eigenvalue weighted by molar-refractivity contribution is -0.386. The van der Waals surface area contributed by atoms with E-state index in [-0.39, 0.29) is 5.69 Å². The Morgan fingerprint density at radius 1 is 1.25 bits per heavy atom. The van der Waals surface area contributed by atoms with Gasteiger partial charge in [0.1, 0.15) is 17.1 Å². The number of aromatic nitrogens is 5. The largest absolute Gasteiger partial charge is 0.497 e. The highest BCUT2D eigenvalue weighted by Gasteiger charge is 2.22. The fraction of sp³-hybridized carbons (Fsp3) is 0.294. The number of ether oxygens (including phenoxy) is 1. The van der Waals surface area contributed by atoms with Crippen LogP contribution in [0.5, 0.6) is 5.75 Å². The molecule has 2 heterocycles. The standard InChI is InChI=1S/C17H19N7O3S/c1-11-16(24(25)26)12(2)22(21-11)10-28-17-20-19-13(3)23(17)18-9-14-5-7-15(27-4)8-6-14/h5-9H,10H2,1-4H3. The van der Waals surface area contributed by atoms with Crippen LogP contribution in [0.3, 0.4) is 0 Å². The van der Waals surface area contributed by atoms with Crippen molar-refractivity contribution in [2.24, 2.45) is 5.10 Å². The minimum atomic E-state index is -0.412. The van der Waals surface area contributed by atoms with Gasteiger partial charge >= 0.3 is 5.69 Å². The van der Waals surface area contributed by atoms with Crippen LogP contribution in [0.2, 0.25) is 0 Å². The monoisotopic (exact) mass is 401 g/mol. The summed E-state index contributed by atoms with van der Waals surface area (Å²) >= 11 is 1.34. The van der Waals surface area contributed by atoms with Crippen LogP contribution in [0.4, 0.5) is 5.69 Å². The van der Waals surface area contributed by atoms with Crippen LogP contribution in [0.1, 0.15) is 22.8 Å². The van der Waals surface area contributed by atoms with Gasteiger partial charge in [0.05, 0.1) is 24.1 Å². The van der Waals surface area contributed by atoms with Crippen LogP contribution >= 0.6 is 11.8 Å². The van der Waals surface area contributed by atoms with E-state index in [9.17, 15) is 10.1 Å². The maximum Gasteiger partial charge on any atom is 0.312 e. The Kier molecular flexibility index (Phi) is 5.73. The lowest BCUT2D eigenvalue weighted by atomic mass is 10.2. The number of aryl methyl sites for hydroxylation is 2. The molecule has 0 saturated carbocycles. The average Bonchev–Trinajstić information content (AvgIpc) is 3.17. The first kappa shape index (κ1) is 19.5. The van der Waals surface area contributed by atoms with E-state index in [1.807, 2.05) is 24.3 Å². The third-order valence-corrected chi connectivity index (χ3v) is 4.93. The maximum atomic E-state index is 11.1. The molecule has 3 aromatic rings. The summed E-state index contributed by atoms with van der Waals surface area (Å²) < 4.78 is 8.35. The molecule has 0 bridgehead atoms. The van der Waals surface area contributed by atoms with Gasteiger partial charge in [-0.3, -0.25) is 14.8 Å². The summed E-state index contributed by atoms with van der Waals surface area (Å²) in [6.45, 7) is 5.10. The number of hydrogen-bond acceptors (Lipinski definition) is 8. The predicted octanol–water partition coefficient (Wildman–Crippen LogP) is 2.95. The Balaban J connectivity index is 1.77. The smallest absolute Gasteiger partial charge is 0.312 e. The topological polar surface area (TPSA) is 113 Å². The molecule has 0 aliphatic rings. The second kappa shape index (κ2) is 8.21. The van der Waals surface area contributed by atoms with Gasteiger partial charge in [0.2, 0.25) is 5.16 Å². The first-order chi connectivity index (χ1) is 13.4. The lowest BCUT2D eigenvalue weighted by Crippen LogP contribution is -2.02. The van der Waals surface area contributed by atoms with E-state index in [1.54, 1.807) is 43.5 Å². The molecule has 2 aromatic heterocycles. The summed E-state index contributed by atoms with van der Waals surface area (Å²) in [5.41, 5.74) is 1.83. The van der Waals surface area contributed by atoms with Crippen molar-refractivity contribution in [3.8, 4) is 5.75 Å². The van der Waals surface area contributed by atoms with Gasteiger partial charge in [0.25, 0.3) is 0 Å². The summed E-state index contributed by atoms with van der Waals surface area (Å²) in [6.07, 6.45) is 1.70. The Labute approximate surface area is 165 Å². The van der Waals surface area contributed by atoms with Gasteiger partial charge in [-0.15, -0.1) is 10.2 Å². The molecular formula is C17H19N7O3S. The van der Waals surface area contributed by atoms with Gasteiger partial charge in [-0.05, 0) is 50.6 Å². The third-order valence-electron chi connectivity index (χ3n) is 4.05. The third kappa shape index (κ3) is 4.03. The van der Waals surface area contributed by atoms with Gasteiger partial charge in [0.15, 0.2) is 5.82 Å². The molecule has 0 aliphatic carbocycles. The molecule has 28 heavy (non-hydrogen) atoms. The molecule has 11 heteroatoms. The molecule has 0 unspecified atom stereocenters. The highest BCUT2D eigenvalue weighted by molar-refractivity contribution is 7.98. The SMILES string of the molecule is COc1ccc(C=Nn2c(C)nnc2SCn2nc(C)c([N+](=O)[O-])c2C)cc1. The summed E-state index contributed by atoms with van der Waals surface area (Å²) in [5, 5.41) is 28.6. The Morgan fingerprint density at radius 2 is 1.96 bits per heavy atom. The van der Waals surface area contributed by atoms with Crippen molar-refractivity contribution in [2.45, 2.75) is 31.8 Å². The van der Waals surface area contributed by atoms with E-state index in [0.717, 1.165) is 11.3 Å². The van der Waals surface area contributed by atoms with Gasteiger partial charge < -0.3 is 4.74 Å². The summed E-state index contributed by atoms with van der Waals surface area (Å²) in [6, 6.07) is 7.49. The van der Waals surface area contributed by atoms with Gasteiger partial charge in [-0.25, -0.2) is 0 Å². The molecule has 146 valence electrons. The minimum Gasteiger partial charge on any atom is -0.497 e. The summed E-state index contributed by atoms with van der Waals surface area (Å²) in [5.74, 6) is 1.76. The molecular weight excluding hydrogens is 382 g/mol. The Bertz CT molecular complexity index is 1020. The molecule has 1 aromatic carbocycles. The van der Waals surface area contributed by atoms with Crippen molar-refractivity contribution >= 4 is 23.7 Å². The fourth-order valence-corrected chi connectivity index (χ4v) is 3.46. The van der Waals surface area contributed by atoms with E-state index in [1.165, 1.54) is 11.8 Å². The van der Waals surface area contributed by atoms with Crippen molar-refractivity contribution in [2.75, 3.05) is 7.11 Å². The zero-order chi connectivity index (χ0) is 20.3. The van der Waals surface area contributed by atoms with Crippen molar-refractivity contribution in [1.82, 2.24) is 24.7 Å². The number of thioether (sulfide) groups is 1. The van der Waals surface area contributed by atoms with E-state index in [4.69, 9.17) is 4.74 Å². The van der Waals surface area contributed by atoms with Gasteiger partial charge in [-0.2, -0.15) is 14.9 Å². The zero-order valence-electron chi connectivity index (χ0n) is 15.9. The molecule has 0 N–H and O–H groups in total. The van der Waals surface area contributed by atoms with Crippen LogP contribution in [0, 0.1) is 30.9 Å². The molecule has 0 saturated heterocycles. The Hall–Kier alpha value is -3.21. The van der Waals surface area contributed by atoms with Crippen molar-refractivity contribution in [3.63, 3.8) is 0 Å². The van der Waals surface area contributed by atoms with Crippen LogP contribution in [0.15, 0.2) is 34.5 Å². The minimum absolute atomic E-state index is 0.0378. The second-order valence-corrected chi connectivity index (χ2v) is 6.82. The quantitative estimate of drug-likeness (QED) is 0.259. The number of rotatable bonds is 7. The molecule has 0 aliphatic heterocycles. The zero-order valence-corrected chi connectivity index (χ0v) is 16.7. The van der Waals surface area contributed by atoms with E-state index in [2.05, 4.69) is 20.4 Å². The molecule has 0 atom stereocenters. The number of benzene rings is 1. The first-order valence-electron chi connectivity index (χ1n) is 8.32. The van der Waals surface area contributed by atoms with Crippen LogP contribution in [0.25, 0.3) is 0 Å². The van der Waals surface area contributed by atoms with Crippen LogP contribution < -0.4 is 4.74 Å². The molecule has 0 fully saturated rings. The predicted molar refractivity (Wildman–Crippen MR) is 105 cm³/mol. The van der Waals surface area contributed by atoms with Crippen LogP contribution in [-0.4, -0.2) is 42.9 Å². The maximum absolute atomic E-state index is 11.1. The summed E-state index contributed by atoms with van der Waals surface area (Å²) in [7, 11) is 1.62. The number of nitrogens with zero attached hydrogens (tertiary/aromatic N) is 7. The van der Waals surface area contributed by atoms with E-state index < -0.39 is 4.92 Å². The van der Waals surface area contributed by atoms with Crippen molar-refractivity contribution < 1.29 is 9.66 Å². The van der Waals surface area contributed by atoms with E-state index >= 15 is 0 Å². The molecule has 10 nitrogen and oxygen atoms in total. The molecule has 3 rings (SSSR count). The lowest BCUT2D eigenvalue weighted by Gasteiger charge is -2.04. The molecule has 0 radical (unpaired) electrons. The number of methoxy groups -OCH3 is 1. The van der Waals surface area contributed by atoms with Gasteiger partial charge in [-0.1, -0.05) is 11.8 Å². The molecule has 0 amide bonds. The number of hydrogen-bond donors (Lipinski definition) is 0. The second-order valence-electron chi connectivity index (χ2n) is 5.91. The normalized spacial score (nSPS) is 11.3. The molecule has 0 spiro atoms. The van der Waals surface area contributed by atoms with Gasteiger partial charge in [0, 0.05) is 0 Å². The number of nitro groups is 1. The Morgan fingerprint density at radius 3 is 2.57 bits per heavy atom. The average molecular weight is 401 g/mol. The first-order valence-corrected chi connectivity index (χ1v) is 9.31. The van der Waals surface area contributed by atoms with Crippen molar-refractivity contribution in [3.05, 3.63) is 57.2 Å². The van der Waals surface area contributed by atoms with Crippen molar-refractivity contribution in [1.29, 1.82) is 0 Å². The summed E-state index contributed by atoms with van der Waals surface area (Å²) in [4.78, 5) is 10.7. The van der Waals surface area contributed by atoms with E-state index in [0.29, 0.717) is 28.2 Å². The highest BCUT2D eigenvalue weighted by atomic mass is 32.2.